The Kier molecular flexibility index (Phi) is 5.42. The average Bonchev–Trinajstić information content (AvgIpc) is 3.31. The van der Waals surface area contributed by atoms with E-state index in [2.05, 4.69) is 25.8 Å². The molecule has 0 unspecified atom stereocenters. The molecule has 0 aliphatic heterocycles. The van der Waals surface area contributed by atoms with Crippen molar-refractivity contribution in [3.05, 3.63) is 30.0 Å². The van der Waals surface area contributed by atoms with Crippen LogP contribution in [-0.2, 0) is 10.5 Å². The Hall–Kier alpha value is -2.29. The molecule has 0 bridgehead atoms. The first kappa shape index (κ1) is 17.5. The number of aromatic nitrogens is 3. The van der Waals surface area contributed by atoms with Crippen LogP contribution in [0.2, 0.25) is 0 Å². The van der Waals surface area contributed by atoms with Crippen LogP contribution in [-0.4, -0.2) is 39.6 Å². The van der Waals surface area contributed by atoms with Crippen LogP contribution < -0.4 is 10.6 Å². The fourth-order valence-corrected chi connectivity index (χ4v) is 3.74. The monoisotopic (exact) mass is 363 g/mol. The Morgan fingerprint density at radius 3 is 2.80 bits per heavy atom. The van der Waals surface area contributed by atoms with Crippen molar-refractivity contribution in [2.24, 2.45) is 0 Å². The van der Waals surface area contributed by atoms with E-state index >= 15 is 0 Å². The second-order valence-corrected chi connectivity index (χ2v) is 6.99. The third-order valence-electron chi connectivity index (χ3n) is 4.35. The Labute approximate surface area is 149 Å². The third-order valence-corrected chi connectivity index (χ3v) is 5.25. The van der Waals surface area contributed by atoms with Gasteiger partial charge in [0.2, 0.25) is 5.91 Å². The SMILES string of the molecule is CNC(=O)C1(NC(=O)c2ccc(CSc3ncn[nH]3)o2)CCCCC1. The van der Waals surface area contributed by atoms with Crippen LogP contribution in [0.3, 0.4) is 0 Å². The lowest BCUT2D eigenvalue weighted by Crippen LogP contribution is -2.59. The number of amides is 2. The van der Waals surface area contributed by atoms with Gasteiger partial charge in [-0.15, -0.1) is 0 Å². The number of carbonyl (C=O) groups excluding carboxylic acids is 2. The van der Waals surface area contributed by atoms with Gasteiger partial charge in [-0.3, -0.25) is 14.7 Å². The second-order valence-electron chi connectivity index (χ2n) is 6.02. The molecule has 3 N–H and O–H groups in total. The number of rotatable bonds is 6. The highest BCUT2D eigenvalue weighted by Crippen LogP contribution is 2.29. The molecule has 1 fully saturated rings. The molecule has 1 aliphatic carbocycles. The predicted molar refractivity (Wildman–Crippen MR) is 92.0 cm³/mol. The van der Waals surface area contributed by atoms with Gasteiger partial charge in [-0.05, 0) is 25.0 Å². The van der Waals surface area contributed by atoms with Crippen LogP contribution in [0.4, 0.5) is 0 Å². The molecule has 2 amide bonds. The summed E-state index contributed by atoms with van der Waals surface area (Å²) < 4.78 is 5.62. The van der Waals surface area contributed by atoms with Gasteiger partial charge in [0.1, 0.15) is 17.6 Å². The quantitative estimate of drug-likeness (QED) is 0.675. The highest BCUT2D eigenvalue weighted by atomic mass is 32.2. The molecule has 2 aromatic heterocycles. The standard InChI is InChI=1S/C16H21N5O3S/c1-17-14(23)16(7-3-2-4-8-16)20-13(22)12-6-5-11(24-12)9-25-15-18-10-19-21-15/h5-6,10H,2-4,7-9H2,1H3,(H,17,23)(H,20,22)(H,18,19,21). The van der Waals surface area contributed by atoms with E-state index in [0.29, 0.717) is 29.5 Å². The van der Waals surface area contributed by atoms with Crippen molar-refractivity contribution in [2.75, 3.05) is 7.05 Å². The predicted octanol–water partition coefficient (Wildman–Crippen LogP) is 1.87. The Morgan fingerprint density at radius 1 is 1.32 bits per heavy atom. The van der Waals surface area contributed by atoms with Crippen LogP contribution in [0.25, 0.3) is 0 Å². The van der Waals surface area contributed by atoms with Gasteiger partial charge in [0.15, 0.2) is 10.9 Å². The summed E-state index contributed by atoms with van der Waals surface area (Å²) in [5, 5.41) is 12.8. The van der Waals surface area contributed by atoms with Gasteiger partial charge >= 0.3 is 0 Å². The molecule has 0 atom stereocenters. The number of aromatic amines is 1. The molecule has 8 nitrogen and oxygen atoms in total. The van der Waals surface area contributed by atoms with Crippen molar-refractivity contribution in [3.63, 3.8) is 0 Å². The molecular formula is C16H21N5O3S. The molecule has 2 aromatic rings. The van der Waals surface area contributed by atoms with Gasteiger partial charge in [-0.1, -0.05) is 31.0 Å². The number of furan rings is 1. The number of thioether (sulfide) groups is 1. The normalized spacial score (nSPS) is 16.4. The van der Waals surface area contributed by atoms with Crippen molar-refractivity contribution >= 4 is 23.6 Å². The molecule has 134 valence electrons. The minimum Gasteiger partial charge on any atom is -0.455 e. The lowest BCUT2D eigenvalue weighted by molar-refractivity contribution is -0.128. The third kappa shape index (κ3) is 4.04. The summed E-state index contributed by atoms with van der Waals surface area (Å²) >= 11 is 1.43. The Balaban J connectivity index is 1.64. The molecule has 0 aromatic carbocycles. The van der Waals surface area contributed by atoms with Crippen molar-refractivity contribution in [1.29, 1.82) is 0 Å². The summed E-state index contributed by atoms with van der Waals surface area (Å²) in [6, 6.07) is 3.39. The molecule has 0 spiro atoms. The van der Waals surface area contributed by atoms with Crippen LogP contribution in [0, 0.1) is 0 Å². The molecule has 25 heavy (non-hydrogen) atoms. The Bertz CT molecular complexity index is 722. The minimum atomic E-state index is -0.842. The van der Waals surface area contributed by atoms with E-state index in [4.69, 9.17) is 4.42 Å². The molecule has 2 heterocycles. The van der Waals surface area contributed by atoms with Gasteiger partial charge in [0, 0.05) is 7.05 Å². The van der Waals surface area contributed by atoms with Crippen LogP contribution in [0.1, 0.15) is 48.4 Å². The second kappa shape index (κ2) is 7.73. The van der Waals surface area contributed by atoms with E-state index in [-0.39, 0.29) is 17.6 Å². The number of carbonyl (C=O) groups is 2. The van der Waals surface area contributed by atoms with Gasteiger partial charge in [-0.2, -0.15) is 5.10 Å². The molecule has 1 aliphatic rings. The van der Waals surface area contributed by atoms with Gasteiger partial charge in [0.05, 0.1) is 5.75 Å². The fourth-order valence-electron chi connectivity index (χ4n) is 3.06. The summed E-state index contributed by atoms with van der Waals surface area (Å²) in [5.41, 5.74) is -0.842. The van der Waals surface area contributed by atoms with E-state index in [1.165, 1.54) is 18.1 Å². The molecule has 9 heteroatoms. The number of H-pyrrole nitrogens is 1. The zero-order valence-corrected chi connectivity index (χ0v) is 14.8. The summed E-state index contributed by atoms with van der Waals surface area (Å²) in [5.74, 6) is 0.893. The summed E-state index contributed by atoms with van der Waals surface area (Å²) in [6.45, 7) is 0. The molecule has 3 rings (SSSR count). The zero-order valence-electron chi connectivity index (χ0n) is 14.0. The first-order chi connectivity index (χ1) is 12.1. The van der Waals surface area contributed by atoms with Crippen LogP contribution >= 0.6 is 11.8 Å². The van der Waals surface area contributed by atoms with Gasteiger partial charge in [0.25, 0.3) is 5.91 Å². The van der Waals surface area contributed by atoms with Crippen molar-refractivity contribution in [3.8, 4) is 0 Å². The molecule has 0 saturated heterocycles. The zero-order chi connectivity index (χ0) is 17.7. The first-order valence-corrected chi connectivity index (χ1v) is 9.23. The number of hydrogen-bond acceptors (Lipinski definition) is 6. The topological polar surface area (TPSA) is 113 Å². The Morgan fingerprint density at radius 2 is 2.12 bits per heavy atom. The number of nitrogens with one attached hydrogen (secondary N) is 3. The summed E-state index contributed by atoms with van der Waals surface area (Å²) in [6.07, 6.45) is 5.65. The number of likely N-dealkylation sites (N-methyl/N-ethyl adjacent to an activating group) is 1. The van der Waals surface area contributed by atoms with E-state index < -0.39 is 5.54 Å². The van der Waals surface area contributed by atoms with Crippen molar-refractivity contribution in [2.45, 2.75) is 48.6 Å². The lowest BCUT2D eigenvalue weighted by atomic mass is 9.80. The average molecular weight is 363 g/mol. The first-order valence-electron chi connectivity index (χ1n) is 8.24. The number of hydrogen-bond donors (Lipinski definition) is 3. The summed E-state index contributed by atoms with van der Waals surface area (Å²) in [7, 11) is 1.59. The number of nitrogens with zero attached hydrogens (tertiary/aromatic N) is 2. The van der Waals surface area contributed by atoms with Crippen molar-refractivity contribution in [1.82, 2.24) is 25.8 Å². The van der Waals surface area contributed by atoms with Gasteiger partial charge < -0.3 is 15.1 Å². The molecular weight excluding hydrogens is 342 g/mol. The largest absolute Gasteiger partial charge is 0.455 e. The molecule has 1 saturated carbocycles. The summed E-state index contributed by atoms with van der Waals surface area (Å²) in [4.78, 5) is 28.9. The van der Waals surface area contributed by atoms with Crippen LogP contribution in [0.5, 0.6) is 0 Å². The van der Waals surface area contributed by atoms with Gasteiger partial charge in [-0.25, -0.2) is 4.98 Å². The smallest absolute Gasteiger partial charge is 0.287 e. The van der Waals surface area contributed by atoms with E-state index in [0.717, 1.165) is 19.3 Å². The fraction of sp³-hybridized carbons (Fsp3) is 0.500. The van der Waals surface area contributed by atoms with Crippen LogP contribution in [0.15, 0.2) is 28.0 Å². The van der Waals surface area contributed by atoms with E-state index in [1.807, 2.05) is 0 Å². The maximum atomic E-state index is 12.6. The maximum absolute atomic E-state index is 12.6. The highest BCUT2D eigenvalue weighted by molar-refractivity contribution is 7.98. The lowest BCUT2D eigenvalue weighted by Gasteiger charge is -2.35. The minimum absolute atomic E-state index is 0.145. The van der Waals surface area contributed by atoms with Crippen molar-refractivity contribution < 1.29 is 14.0 Å². The highest BCUT2D eigenvalue weighted by Gasteiger charge is 2.40. The molecule has 0 radical (unpaired) electrons. The maximum Gasteiger partial charge on any atom is 0.287 e. The van der Waals surface area contributed by atoms with E-state index in [1.54, 1.807) is 19.2 Å². The van der Waals surface area contributed by atoms with E-state index in [9.17, 15) is 9.59 Å².